The standard InChI is InChI=1S/C9H17F3N2O/c10-9(11,12)2-1-3-13-6-8-7-14-4-5-15-8/h8,13-14H,1-7H2. The van der Waals surface area contributed by atoms with Gasteiger partial charge in [0.1, 0.15) is 0 Å². The molecular weight excluding hydrogens is 209 g/mol. The molecule has 1 saturated heterocycles. The third-order valence-corrected chi connectivity index (χ3v) is 2.19. The lowest BCUT2D eigenvalue weighted by molar-refractivity contribution is -0.135. The normalized spacial score (nSPS) is 23.0. The number of nitrogens with one attached hydrogen (secondary N) is 2. The largest absolute Gasteiger partial charge is 0.389 e. The summed E-state index contributed by atoms with van der Waals surface area (Å²) in [5.41, 5.74) is 0. The van der Waals surface area contributed by atoms with E-state index in [1.165, 1.54) is 0 Å². The molecule has 1 fully saturated rings. The second-order valence-corrected chi connectivity index (χ2v) is 3.62. The van der Waals surface area contributed by atoms with Gasteiger partial charge < -0.3 is 15.4 Å². The summed E-state index contributed by atoms with van der Waals surface area (Å²) in [5.74, 6) is 0. The number of halogens is 3. The topological polar surface area (TPSA) is 33.3 Å². The molecule has 1 atom stereocenters. The van der Waals surface area contributed by atoms with Crippen molar-refractivity contribution >= 4 is 0 Å². The quantitative estimate of drug-likeness (QED) is 0.683. The Balaban J connectivity index is 1.92. The summed E-state index contributed by atoms with van der Waals surface area (Å²) in [6, 6.07) is 0. The van der Waals surface area contributed by atoms with E-state index in [9.17, 15) is 13.2 Å². The van der Waals surface area contributed by atoms with Gasteiger partial charge in [0.25, 0.3) is 0 Å². The first-order valence-electron chi connectivity index (χ1n) is 5.18. The Bertz CT molecular complexity index is 169. The van der Waals surface area contributed by atoms with Crippen LogP contribution in [0.4, 0.5) is 13.2 Å². The minimum absolute atomic E-state index is 0.0876. The Kier molecular flexibility index (Phi) is 5.35. The second kappa shape index (κ2) is 6.30. The van der Waals surface area contributed by atoms with E-state index in [1.807, 2.05) is 0 Å². The van der Waals surface area contributed by atoms with Gasteiger partial charge in [0.2, 0.25) is 0 Å². The minimum atomic E-state index is -4.04. The molecule has 0 aliphatic carbocycles. The molecule has 1 heterocycles. The van der Waals surface area contributed by atoms with E-state index in [1.54, 1.807) is 0 Å². The molecule has 6 heteroatoms. The zero-order valence-electron chi connectivity index (χ0n) is 8.57. The van der Waals surface area contributed by atoms with Crippen LogP contribution in [-0.2, 0) is 4.74 Å². The molecule has 0 amide bonds. The monoisotopic (exact) mass is 226 g/mol. The molecule has 3 nitrogen and oxygen atoms in total. The summed E-state index contributed by atoms with van der Waals surface area (Å²) in [4.78, 5) is 0. The van der Waals surface area contributed by atoms with Crippen molar-refractivity contribution in [3.63, 3.8) is 0 Å². The minimum Gasteiger partial charge on any atom is -0.374 e. The summed E-state index contributed by atoms with van der Waals surface area (Å²) in [5, 5.41) is 6.12. The van der Waals surface area contributed by atoms with E-state index in [0.29, 0.717) is 19.7 Å². The molecule has 15 heavy (non-hydrogen) atoms. The van der Waals surface area contributed by atoms with Crippen LogP contribution in [0.1, 0.15) is 12.8 Å². The summed E-state index contributed by atoms with van der Waals surface area (Å²) < 4.78 is 40.7. The van der Waals surface area contributed by atoms with E-state index >= 15 is 0 Å². The lowest BCUT2D eigenvalue weighted by atomic mass is 10.2. The lowest BCUT2D eigenvalue weighted by Crippen LogP contribution is -2.44. The fourth-order valence-corrected chi connectivity index (χ4v) is 1.43. The van der Waals surface area contributed by atoms with Gasteiger partial charge >= 0.3 is 6.18 Å². The van der Waals surface area contributed by atoms with Crippen LogP contribution < -0.4 is 10.6 Å². The first-order valence-corrected chi connectivity index (χ1v) is 5.18. The van der Waals surface area contributed by atoms with Crippen LogP contribution in [-0.4, -0.2) is 45.1 Å². The predicted octanol–water partition coefficient (Wildman–Crippen LogP) is 0.907. The molecule has 1 aliphatic rings. The molecule has 0 aromatic carbocycles. The Morgan fingerprint density at radius 1 is 1.40 bits per heavy atom. The zero-order chi connectivity index (χ0) is 11.1. The maximum absolute atomic E-state index is 11.8. The van der Waals surface area contributed by atoms with Gasteiger partial charge in [-0.05, 0) is 13.0 Å². The number of rotatable bonds is 5. The molecule has 0 spiro atoms. The molecule has 1 rings (SSSR count). The van der Waals surface area contributed by atoms with E-state index in [0.717, 1.165) is 13.1 Å². The third-order valence-electron chi connectivity index (χ3n) is 2.19. The van der Waals surface area contributed by atoms with Gasteiger partial charge in [-0.15, -0.1) is 0 Å². The molecule has 0 aromatic rings. The summed E-state index contributed by atoms with van der Waals surface area (Å²) >= 11 is 0. The first-order chi connectivity index (χ1) is 7.08. The lowest BCUT2D eigenvalue weighted by Gasteiger charge is -2.23. The van der Waals surface area contributed by atoms with Gasteiger partial charge in [0.05, 0.1) is 12.7 Å². The Morgan fingerprint density at radius 3 is 2.80 bits per heavy atom. The zero-order valence-corrected chi connectivity index (χ0v) is 8.57. The maximum Gasteiger partial charge on any atom is 0.389 e. The number of alkyl halides is 3. The van der Waals surface area contributed by atoms with Gasteiger partial charge in [-0.25, -0.2) is 0 Å². The molecule has 90 valence electrons. The Morgan fingerprint density at radius 2 is 2.20 bits per heavy atom. The van der Waals surface area contributed by atoms with Gasteiger partial charge in [-0.2, -0.15) is 13.2 Å². The highest BCUT2D eigenvalue weighted by Crippen LogP contribution is 2.20. The van der Waals surface area contributed by atoms with Crippen molar-refractivity contribution in [2.24, 2.45) is 0 Å². The highest BCUT2D eigenvalue weighted by atomic mass is 19.4. The van der Waals surface area contributed by atoms with Crippen LogP contribution >= 0.6 is 0 Å². The SMILES string of the molecule is FC(F)(F)CCCNCC1CNCCO1. The molecule has 1 unspecified atom stereocenters. The second-order valence-electron chi connectivity index (χ2n) is 3.62. The van der Waals surface area contributed by atoms with Gasteiger partial charge in [0.15, 0.2) is 0 Å². The average Bonchev–Trinajstić information content (AvgIpc) is 2.17. The van der Waals surface area contributed by atoms with Crippen LogP contribution in [0.3, 0.4) is 0 Å². The summed E-state index contributed by atoms with van der Waals surface area (Å²) in [6.07, 6.45) is -4.54. The van der Waals surface area contributed by atoms with Crippen LogP contribution in [0.15, 0.2) is 0 Å². The van der Waals surface area contributed by atoms with Gasteiger partial charge in [-0.3, -0.25) is 0 Å². The molecule has 0 aromatic heterocycles. The predicted molar refractivity (Wildman–Crippen MR) is 50.8 cm³/mol. The van der Waals surface area contributed by atoms with Crippen molar-refractivity contribution in [3.05, 3.63) is 0 Å². The highest BCUT2D eigenvalue weighted by molar-refractivity contribution is 4.69. The highest BCUT2D eigenvalue weighted by Gasteiger charge is 2.25. The van der Waals surface area contributed by atoms with E-state index < -0.39 is 12.6 Å². The van der Waals surface area contributed by atoms with Crippen molar-refractivity contribution in [1.29, 1.82) is 0 Å². The van der Waals surface area contributed by atoms with Crippen molar-refractivity contribution in [1.82, 2.24) is 10.6 Å². The Hall–Kier alpha value is -0.330. The van der Waals surface area contributed by atoms with Crippen LogP contribution in [0.5, 0.6) is 0 Å². The van der Waals surface area contributed by atoms with Crippen LogP contribution in [0.2, 0.25) is 0 Å². The van der Waals surface area contributed by atoms with E-state index in [4.69, 9.17) is 4.74 Å². The van der Waals surface area contributed by atoms with E-state index in [-0.39, 0.29) is 12.5 Å². The number of hydrogen-bond donors (Lipinski definition) is 2. The third kappa shape index (κ3) is 6.70. The molecule has 0 radical (unpaired) electrons. The summed E-state index contributed by atoms with van der Waals surface area (Å²) in [6.45, 7) is 3.30. The van der Waals surface area contributed by atoms with Crippen LogP contribution in [0, 0.1) is 0 Å². The van der Waals surface area contributed by atoms with Crippen molar-refractivity contribution in [3.8, 4) is 0 Å². The molecule has 2 N–H and O–H groups in total. The fraction of sp³-hybridized carbons (Fsp3) is 1.00. The molecular formula is C9H17F3N2O. The number of hydrogen-bond acceptors (Lipinski definition) is 3. The van der Waals surface area contributed by atoms with E-state index in [2.05, 4.69) is 10.6 Å². The van der Waals surface area contributed by atoms with Gasteiger partial charge in [-0.1, -0.05) is 0 Å². The van der Waals surface area contributed by atoms with Gasteiger partial charge in [0, 0.05) is 26.1 Å². The average molecular weight is 226 g/mol. The number of morpholine rings is 1. The Labute approximate surface area is 87.4 Å². The smallest absolute Gasteiger partial charge is 0.374 e. The fourth-order valence-electron chi connectivity index (χ4n) is 1.43. The van der Waals surface area contributed by atoms with Crippen molar-refractivity contribution < 1.29 is 17.9 Å². The molecule has 0 bridgehead atoms. The summed E-state index contributed by atoms with van der Waals surface area (Å²) in [7, 11) is 0. The van der Waals surface area contributed by atoms with Crippen LogP contribution in [0.25, 0.3) is 0 Å². The first kappa shape index (κ1) is 12.7. The maximum atomic E-state index is 11.8. The van der Waals surface area contributed by atoms with Crippen molar-refractivity contribution in [2.45, 2.75) is 25.1 Å². The number of ether oxygens (including phenoxy) is 1. The molecule has 0 saturated carbocycles. The van der Waals surface area contributed by atoms with Crippen molar-refractivity contribution in [2.75, 3.05) is 32.8 Å². The molecule has 1 aliphatic heterocycles.